The molecule has 0 spiro atoms. The standard InChI is InChI=1S/C30H36FN3O4/c31-25-7-5-23(6-8-25)27(35)24-12-18-33(19-13-24)17-11-21-9-15-30(16-10-21,28(32)36)38-29(37)34-20-14-22-3-1-2-4-26(22)34/h1-8,21,24H,9-20H2,(H2,32,36). The van der Waals surface area contributed by atoms with Crippen molar-refractivity contribution in [2.45, 2.75) is 57.0 Å². The van der Waals surface area contributed by atoms with Gasteiger partial charge in [-0.15, -0.1) is 0 Å². The lowest BCUT2D eigenvalue weighted by atomic mass is 9.77. The summed E-state index contributed by atoms with van der Waals surface area (Å²) >= 11 is 0. The van der Waals surface area contributed by atoms with Gasteiger partial charge in [0, 0.05) is 18.0 Å². The molecule has 5 rings (SSSR count). The van der Waals surface area contributed by atoms with Gasteiger partial charge in [0.1, 0.15) is 5.82 Å². The Hall–Kier alpha value is -3.26. The fraction of sp³-hybridized carbons (Fsp3) is 0.500. The molecule has 38 heavy (non-hydrogen) atoms. The average Bonchev–Trinajstić information content (AvgIpc) is 3.37. The van der Waals surface area contributed by atoms with E-state index in [0.717, 1.165) is 69.4 Å². The van der Waals surface area contributed by atoms with Crippen molar-refractivity contribution in [2.75, 3.05) is 31.1 Å². The smallest absolute Gasteiger partial charge is 0.415 e. The first-order chi connectivity index (χ1) is 18.3. The van der Waals surface area contributed by atoms with Crippen molar-refractivity contribution >= 4 is 23.5 Å². The minimum atomic E-state index is -1.25. The van der Waals surface area contributed by atoms with Gasteiger partial charge in [-0.1, -0.05) is 18.2 Å². The summed E-state index contributed by atoms with van der Waals surface area (Å²) in [4.78, 5) is 42.2. The lowest BCUT2D eigenvalue weighted by molar-refractivity contribution is -0.140. The molecule has 7 nitrogen and oxygen atoms in total. The summed E-state index contributed by atoms with van der Waals surface area (Å²) in [5.74, 6) is -0.369. The summed E-state index contributed by atoms with van der Waals surface area (Å²) in [6.45, 7) is 3.22. The van der Waals surface area contributed by atoms with Crippen LogP contribution in [-0.2, 0) is 16.0 Å². The van der Waals surface area contributed by atoms with E-state index in [2.05, 4.69) is 4.90 Å². The van der Waals surface area contributed by atoms with E-state index in [1.807, 2.05) is 24.3 Å². The lowest BCUT2D eigenvalue weighted by Crippen LogP contribution is -2.52. The number of primary amides is 1. The number of para-hydroxylation sites is 1. The number of ketones is 1. The number of likely N-dealkylation sites (tertiary alicyclic amines) is 1. The number of rotatable bonds is 7. The van der Waals surface area contributed by atoms with E-state index in [0.29, 0.717) is 30.9 Å². The van der Waals surface area contributed by atoms with Crippen molar-refractivity contribution in [3.8, 4) is 0 Å². The highest BCUT2D eigenvalue weighted by Crippen LogP contribution is 2.38. The molecule has 0 radical (unpaired) electrons. The summed E-state index contributed by atoms with van der Waals surface area (Å²) < 4.78 is 19.0. The molecule has 2 aliphatic heterocycles. The maximum Gasteiger partial charge on any atom is 0.415 e. The molecule has 2 aromatic carbocycles. The van der Waals surface area contributed by atoms with E-state index in [1.165, 1.54) is 12.1 Å². The zero-order chi connectivity index (χ0) is 26.7. The fourth-order valence-corrected chi connectivity index (χ4v) is 6.22. The number of carbonyl (C=O) groups is 3. The normalized spacial score (nSPS) is 24.1. The van der Waals surface area contributed by atoms with Crippen LogP contribution in [0.5, 0.6) is 0 Å². The van der Waals surface area contributed by atoms with Gasteiger partial charge in [0.25, 0.3) is 5.91 Å². The molecule has 2 fully saturated rings. The van der Waals surface area contributed by atoms with Gasteiger partial charge in [-0.05, 0) is 113 Å². The maximum absolute atomic E-state index is 13.2. The molecule has 2 amide bonds. The van der Waals surface area contributed by atoms with Crippen molar-refractivity contribution in [3.63, 3.8) is 0 Å². The van der Waals surface area contributed by atoms with Gasteiger partial charge in [0.2, 0.25) is 0 Å². The topological polar surface area (TPSA) is 92.9 Å². The fourth-order valence-electron chi connectivity index (χ4n) is 6.22. The second-order valence-electron chi connectivity index (χ2n) is 11.0. The van der Waals surface area contributed by atoms with Crippen molar-refractivity contribution in [2.24, 2.45) is 17.6 Å². The second-order valence-corrected chi connectivity index (χ2v) is 11.0. The summed E-state index contributed by atoms with van der Waals surface area (Å²) in [5, 5.41) is 0. The molecule has 2 heterocycles. The molecular weight excluding hydrogens is 485 g/mol. The van der Waals surface area contributed by atoms with Gasteiger partial charge >= 0.3 is 6.09 Å². The number of halogens is 1. The number of fused-ring (bicyclic) bond motifs is 1. The second kappa shape index (κ2) is 11.2. The van der Waals surface area contributed by atoms with Crippen molar-refractivity contribution in [3.05, 3.63) is 65.5 Å². The van der Waals surface area contributed by atoms with Crippen LogP contribution in [0.2, 0.25) is 0 Å². The van der Waals surface area contributed by atoms with Crippen LogP contribution in [0.1, 0.15) is 60.9 Å². The number of Topliss-reactive ketones (excluding diaryl/α,β-unsaturated/α-hetero) is 1. The molecule has 0 bridgehead atoms. The Morgan fingerprint density at radius 3 is 2.32 bits per heavy atom. The van der Waals surface area contributed by atoms with Crippen molar-refractivity contribution < 1.29 is 23.5 Å². The Labute approximate surface area is 223 Å². The Kier molecular flexibility index (Phi) is 7.79. The number of hydrogen-bond acceptors (Lipinski definition) is 5. The first-order valence-electron chi connectivity index (χ1n) is 13.7. The largest absolute Gasteiger partial charge is 0.432 e. The van der Waals surface area contributed by atoms with Crippen LogP contribution < -0.4 is 10.6 Å². The summed E-state index contributed by atoms with van der Waals surface area (Å²) in [6, 6.07) is 13.6. The predicted molar refractivity (Wildman–Crippen MR) is 142 cm³/mol. The number of anilines is 1. The van der Waals surface area contributed by atoms with E-state index in [4.69, 9.17) is 10.5 Å². The van der Waals surface area contributed by atoms with Crippen LogP contribution in [0.15, 0.2) is 48.5 Å². The Balaban J connectivity index is 1.08. The summed E-state index contributed by atoms with van der Waals surface area (Å²) in [5.41, 5.74) is 7.06. The molecule has 2 N–H and O–H groups in total. The van der Waals surface area contributed by atoms with Crippen LogP contribution in [0, 0.1) is 17.7 Å². The molecule has 0 atom stereocenters. The summed E-state index contributed by atoms with van der Waals surface area (Å²) in [6.07, 6.45) is 5.35. The van der Waals surface area contributed by atoms with Crippen LogP contribution in [-0.4, -0.2) is 54.5 Å². The Morgan fingerprint density at radius 1 is 0.947 bits per heavy atom. The molecule has 2 aromatic rings. The highest BCUT2D eigenvalue weighted by molar-refractivity contribution is 5.98. The van der Waals surface area contributed by atoms with Crippen molar-refractivity contribution in [1.29, 1.82) is 0 Å². The van der Waals surface area contributed by atoms with Gasteiger partial charge in [-0.2, -0.15) is 0 Å². The van der Waals surface area contributed by atoms with Gasteiger partial charge in [-0.25, -0.2) is 9.18 Å². The molecule has 8 heteroatoms. The third kappa shape index (κ3) is 5.60. The molecule has 3 aliphatic rings. The zero-order valence-corrected chi connectivity index (χ0v) is 21.7. The molecule has 1 saturated carbocycles. The molecule has 1 aliphatic carbocycles. The van der Waals surface area contributed by atoms with E-state index < -0.39 is 17.6 Å². The minimum Gasteiger partial charge on any atom is -0.432 e. The van der Waals surface area contributed by atoms with E-state index >= 15 is 0 Å². The quantitative estimate of drug-likeness (QED) is 0.532. The predicted octanol–water partition coefficient (Wildman–Crippen LogP) is 4.72. The average molecular weight is 522 g/mol. The lowest BCUT2D eigenvalue weighted by Gasteiger charge is -2.39. The number of carbonyl (C=O) groups excluding carboxylic acids is 3. The number of hydrogen-bond donors (Lipinski definition) is 1. The molecule has 0 unspecified atom stereocenters. The highest BCUT2D eigenvalue weighted by Gasteiger charge is 2.45. The van der Waals surface area contributed by atoms with E-state index in [1.54, 1.807) is 17.0 Å². The number of ether oxygens (including phenoxy) is 1. The van der Waals surface area contributed by atoms with Crippen LogP contribution >= 0.6 is 0 Å². The number of nitrogens with two attached hydrogens (primary N) is 1. The first-order valence-corrected chi connectivity index (χ1v) is 13.7. The van der Waals surface area contributed by atoms with Crippen molar-refractivity contribution in [1.82, 2.24) is 4.90 Å². The molecule has 202 valence electrons. The monoisotopic (exact) mass is 521 g/mol. The Morgan fingerprint density at radius 2 is 1.63 bits per heavy atom. The van der Waals surface area contributed by atoms with Gasteiger partial charge in [0.15, 0.2) is 11.4 Å². The van der Waals surface area contributed by atoms with E-state index in [9.17, 15) is 18.8 Å². The van der Waals surface area contributed by atoms with E-state index in [-0.39, 0.29) is 17.5 Å². The number of nitrogens with zero attached hydrogens (tertiary/aromatic N) is 2. The molecule has 1 saturated heterocycles. The molecule has 0 aromatic heterocycles. The van der Waals surface area contributed by atoms with Crippen LogP contribution in [0.4, 0.5) is 14.9 Å². The SMILES string of the molecule is NC(=O)C1(OC(=O)N2CCc3ccccc32)CCC(CCN2CCC(C(=O)c3ccc(F)cc3)CC2)CC1. The number of piperidine rings is 1. The minimum absolute atomic E-state index is 0.0140. The zero-order valence-electron chi connectivity index (χ0n) is 21.7. The first kappa shape index (κ1) is 26.4. The van der Waals surface area contributed by atoms with Gasteiger partial charge in [-0.3, -0.25) is 14.5 Å². The van der Waals surface area contributed by atoms with Gasteiger partial charge in [0.05, 0.1) is 5.69 Å². The number of benzene rings is 2. The number of amides is 2. The highest BCUT2D eigenvalue weighted by atomic mass is 19.1. The molecular formula is C30H36FN3O4. The van der Waals surface area contributed by atoms with Gasteiger partial charge < -0.3 is 15.4 Å². The third-order valence-electron chi connectivity index (χ3n) is 8.69. The third-order valence-corrected chi connectivity index (χ3v) is 8.69. The maximum atomic E-state index is 13.2. The van der Waals surface area contributed by atoms with Crippen LogP contribution in [0.25, 0.3) is 0 Å². The van der Waals surface area contributed by atoms with Crippen LogP contribution in [0.3, 0.4) is 0 Å². The summed E-state index contributed by atoms with van der Waals surface area (Å²) in [7, 11) is 0. The Bertz CT molecular complexity index is 1170.